The molecule has 0 N–H and O–H groups in total. The van der Waals surface area contributed by atoms with Gasteiger partial charge >= 0.3 is 0 Å². The van der Waals surface area contributed by atoms with Crippen LogP contribution in [0.3, 0.4) is 0 Å². The Hall–Kier alpha value is -0.780. The van der Waals surface area contributed by atoms with Crippen molar-refractivity contribution in [3.63, 3.8) is 0 Å². The molecule has 0 saturated carbocycles. The van der Waals surface area contributed by atoms with Crippen LogP contribution in [0.15, 0.2) is 36.0 Å². The van der Waals surface area contributed by atoms with Gasteiger partial charge in [0, 0.05) is 0 Å². The second-order valence-electron chi connectivity index (χ2n) is 3.06. The fourth-order valence-corrected chi connectivity index (χ4v) is 0.733. The average Bonchev–Trinajstić information content (AvgIpc) is 1.97. The van der Waals surface area contributed by atoms with E-state index in [1.807, 2.05) is 6.08 Å². The lowest BCUT2D eigenvalue weighted by molar-refractivity contribution is 1.14. The Kier molecular flexibility index (Phi) is 5.54. The number of hydrogen-bond acceptors (Lipinski definition) is 0. The summed E-state index contributed by atoms with van der Waals surface area (Å²) in [5.74, 6) is 0. The molecule has 0 atom stereocenters. The molecule has 0 aromatic rings. The van der Waals surface area contributed by atoms with Crippen LogP contribution in [-0.4, -0.2) is 0 Å². The van der Waals surface area contributed by atoms with Crippen LogP contribution in [0, 0.1) is 0 Å². The SMILES string of the molecule is C=CCC=C(C)CC=C(C)C. The van der Waals surface area contributed by atoms with Crippen molar-refractivity contribution in [3.8, 4) is 0 Å². The maximum absolute atomic E-state index is 3.67. The fourth-order valence-electron chi connectivity index (χ4n) is 0.733. The van der Waals surface area contributed by atoms with E-state index in [2.05, 4.69) is 39.5 Å². The van der Waals surface area contributed by atoms with Gasteiger partial charge < -0.3 is 0 Å². The van der Waals surface area contributed by atoms with E-state index in [0.717, 1.165) is 12.8 Å². The summed E-state index contributed by atoms with van der Waals surface area (Å²) >= 11 is 0. The lowest BCUT2D eigenvalue weighted by atomic mass is 10.1. The Morgan fingerprint density at radius 3 is 2.27 bits per heavy atom. The summed E-state index contributed by atoms with van der Waals surface area (Å²) in [6.45, 7) is 10.1. The highest BCUT2D eigenvalue weighted by Crippen LogP contribution is 2.04. The molecule has 0 aliphatic carbocycles. The van der Waals surface area contributed by atoms with Gasteiger partial charge in [-0.3, -0.25) is 0 Å². The first-order chi connectivity index (χ1) is 5.16. The van der Waals surface area contributed by atoms with Crippen LogP contribution in [0.2, 0.25) is 0 Å². The van der Waals surface area contributed by atoms with Crippen LogP contribution >= 0.6 is 0 Å². The van der Waals surface area contributed by atoms with Crippen molar-refractivity contribution in [2.75, 3.05) is 0 Å². The molecule has 0 unspecified atom stereocenters. The zero-order chi connectivity index (χ0) is 8.69. The quantitative estimate of drug-likeness (QED) is 0.534. The van der Waals surface area contributed by atoms with Crippen molar-refractivity contribution in [1.29, 1.82) is 0 Å². The zero-order valence-electron chi connectivity index (χ0n) is 7.85. The smallest absolute Gasteiger partial charge is 0.0139 e. The van der Waals surface area contributed by atoms with Crippen molar-refractivity contribution in [1.82, 2.24) is 0 Å². The molecule has 0 rings (SSSR count). The van der Waals surface area contributed by atoms with Gasteiger partial charge in [0.1, 0.15) is 0 Å². The molecule has 0 amide bonds. The van der Waals surface area contributed by atoms with E-state index in [1.54, 1.807) is 0 Å². The standard InChI is InChI=1S/C11H18/c1-5-6-7-11(4)9-8-10(2)3/h5,7-8H,1,6,9H2,2-4H3. The first-order valence-corrected chi connectivity index (χ1v) is 4.06. The van der Waals surface area contributed by atoms with Gasteiger partial charge in [0.25, 0.3) is 0 Å². The molecule has 0 saturated heterocycles. The largest absolute Gasteiger partial charge is 0.103 e. The molecule has 0 radical (unpaired) electrons. The summed E-state index contributed by atoms with van der Waals surface area (Å²) in [5.41, 5.74) is 2.81. The van der Waals surface area contributed by atoms with Crippen molar-refractivity contribution in [3.05, 3.63) is 36.0 Å². The van der Waals surface area contributed by atoms with Gasteiger partial charge in [0.05, 0.1) is 0 Å². The molecule has 0 nitrogen and oxygen atoms in total. The molecule has 0 bridgehead atoms. The van der Waals surface area contributed by atoms with Crippen molar-refractivity contribution in [2.45, 2.75) is 33.6 Å². The first kappa shape index (κ1) is 10.2. The molecule has 0 aliphatic rings. The van der Waals surface area contributed by atoms with E-state index >= 15 is 0 Å². The molecule has 62 valence electrons. The van der Waals surface area contributed by atoms with Crippen molar-refractivity contribution < 1.29 is 0 Å². The molecule has 0 aliphatic heterocycles. The summed E-state index contributed by atoms with van der Waals surface area (Å²) < 4.78 is 0. The minimum atomic E-state index is 0.989. The Morgan fingerprint density at radius 1 is 1.18 bits per heavy atom. The number of rotatable bonds is 4. The predicted molar refractivity (Wildman–Crippen MR) is 52.6 cm³/mol. The van der Waals surface area contributed by atoms with Gasteiger partial charge in [-0.2, -0.15) is 0 Å². The van der Waals surface area contributed by atoms with E-state index in [1.165, 1.54) is 11.1 Å². The molecule has 0 aromatic heterocycles. The van der Waals surface area contributed by atoms with Crippen molar-refractivity contribution in [2.24, 2.45) is 0 Å². The van der Waals surface area contributed by atoms with Crippen LogP contribution < -0.4 is 0 Å². The molecule has 0 fully saturated rings. The predicted octanol–water partition coefficient (Wildman–Crippen LogP) is 3.87. The van der Waals surface area contributed by atoms with Crippen LogP contribution in [-0.2, 0) is 0 Å². The van der Waals surface area contributed by atoms with Gasteiger partial charge in [-0.25, -0.2) is 0 Å². The van der Waals surface area contributed by atoms with Crippen LogP contribution in [0.25, 0.3) is 0 Å². The first-order valence-electron chi connectivity index (χ1n) is 4.06. The monoisotopic (exact) mass is 150 g/mol. The Bertz CT molecular complexity index is 166. The highest BCUT2D eigenvalue weighted by Gasteiger charge is 1.84. The minimum absolute atomic E-state index is 0.989. The van der Waals surface area contributed by atoms with E-state index in [9.17, 15) is 0 Å². The van der Waals surface area contributed by atoms with Crippen molar-refractivity contribution >= 4 is 0 Å². The topological polar surface area (TPSA) is 0 Å². The molecule has 0 heterocycles. The van der Waals surface area contributed by atoms with Crippen LogP contribution in [0.4, 0.5) is 0 Å². The summed E-state index contributed by atoms with van der Waals surface area (Å²) in [7, 11) is 0. The van der Waals surface area contributed by atoms with Crippen LogP contribution in [0.1, 0.15) is 33.6 Å². The molecular formula is C11H18. The van der Waals surface area contributed by atoms with E-state index in [0.29, 0.717) is 0 Å². The molecule has 0 heteroatoms. The molecule has 11 heavy (non-hydrogen) atoms. The normalized spacial score (nSPS) is 11.0. The van der Waals surface area contributed by atoms with Gasteiger partial charge in [-0.15, -0.1) is 6.58 Å². The highest BCUT2D eigenvalue weighted by atomic mass is 13.9. The zero-order valence-corrected chi connectivity index (χ0v) is 7.85. The third-order valence-electron chi connectivity index (χ3n) is 1.47. The van der Waals surface area contributed by atoms with Gasteiger partial charge in [0.2, 0.25) is 0 Å². The third-order valence-corrected chi connectivity index (χ3v) is 1.47. The van der Waals surface area contributed by atoms with Crippen LogP contribution in [0.5, 0.6) is 0 Å². The maximum atomic E-state index is 3.67. The second kappa shape index (κ2) is 5.96. The minimum Gasteiger partial charge on any atom is -0.103 e. The summed E-state index contributed by atoms with van der Waals surface area (Å²) in [5, 5.41) is 0. The summed E-state index contributed by atoms with van der Waals surface area (Å²) in [6.07, 6.45) is 8.45. The maximum Gasteiger partial charge on any atom is -0.0139 e. The van der Waals surface area contributed by atoms with E-state index in [4.69, 9.17) is 0 Å². The van der Waals surface area contributed by atoms with E-state index < -0.39 is 0 Å². The van der Waals surface area contributed by atoms with Gasteiger partial charge in [0.15, 0.2) is 0 Å². The highest BCUT2D eigenvalue weighted by molar-refractivity contribution is 5.08. The summed E-state index contributed by atoms with van der Waals surface area (Å²) in [4.78, 5) is 0. The van der Waals surface area contributed by atoms with E-state index in [-0.39, 0.29) is 0 Å². The van der Waals surface area contributed by atoms with Gasteiger partial charge in [-0.05, 0) is 33.6 Å². The Labute approximate surface area is 70.3 Å². The lowest BCUT2D eigenvalue weighted by Gasteiger charge is -1.94. The summed E-state index contributed by atoms with van der Waals surface area (Å²) in [6, 6.07) is 0. The van der Waals surface area contributed by atoms with Gasteiger partial charge in [-0.1, -0.05) is 29.4 Å². The average molecular weight is 150 g/mol. The lowest BCUT2D eigenvalue weighted by Crippen LogP contribution is -1.74. The Morgan fingerprint density at radius 2 is 1.82 bits per heavy atom. The second-order valence-corrected chi connectivity index (χ2v) is 3.06. The number of allylic oxidation sites excluding steroid dienone is 5. The number of hydrogen-bond donors (Lipinski definition) is 0. The fraction of sp³-hybridized carbons (Fsp3) is 0.455. The molecule has 0 aromatic carbocycles. The molecule has 0 spiro atoms. The third kappa shape index (κ3) is 7.11. The molecular weight excluding hydrogens is 132 g/mol. The Balaban J connectivity index is 3.76.